The SMILES string of the molecule is Cc1ccc(C2CC2C(=O)N(CCN(C)C)Cc2cccs2)s1. The number of carbonyl (C=O) groups is 1. The minimum atomic E-state index is 0.190. The summed E-state index contributed by atoms with van der Waals surface area (Å²) in [6.45, 7) is 4.59. The van der Waals surface area contributed by atoms with E-state index in [-0.39, 0.29) is 5.92 Å². The molecule has 1 amide bonds. The van der Waals surface area contributed by atoms with Crippen molar-refractivity contribution in [3.05, 3.63) is 44.3 Å². The lowest BCUT2D eigenvalue weighted by molar-refractivity contribution is -0.133. The van der Waals surface area contributed by atoms with Crippen LogP contribution in [-0.2, 0) is 11.3 Å². The molecule has 2 unspecified atom stereocenters. The molecule has 2 atom stereocenters. The van der Waals surface area contributed by atoms with Gasteiger partial charge in [-0.2, -0.15) is 0 Å². The second kappa shape index (κ2) is 7.16. The number of hydrogen-bond donors (Lipinski definition) is 0. The van der Waals surface area contributed by atoms with E-state index in [0.29, 0.717) is 11.8 Å². The smallest absolute Gasteiger partial charge is 0.226 e. The maximum absolute atomic E-state index is 13.0. The van der Waals surface area contributed by atoms with Crippen molar-refractivity contribution in [3.63, 3.8) is 0 Å². The molecule has 2 heterocycles. The fourth-order valence-electron chi connectivity index (χ4n) is 2.85. The van der Waals surface area contributed by atoms with Crippen LogP contribution in [0.3, 0.4) is 0 Å². The molecule has 23 heavy (non-hydrogen) atoms. The molecule has 3 nitrogen and oxygen atoms in total. The van der Waals surface area contributed by atoms with Gasteiger partial charge >= 0.3 is 0 Å². The highest BCUT2D eigenvalue weighted by Gasteiger charge is 2.46. The maximum Gasteiger partial charge on any atom is 0.226 e. The number of thiophene rings is 2. The zero-order chi connectivity index (χ0) is 16.4. The molecule has 0 bridgehead atoms. The fraction of sp³-hybridized carbons (Fsp3) is 0.500. The van der Waals surface area contributed by atoms with Gasteiger partial charge in [0.15, 0.2) is 0 Å². The van der Waals surface area contributed by atoms with Gasteiger partial charge in [0.05, 0.1) is 6.54 Å². The van der Waals surface area contributed by atoms with Crippen molar-refractivity contribution in [2.75, 3.05) is 27.2 Å². The molecule has 0 saturated heterocycles. The van der Waals surface area contributed by atoms with Crippen molar-refractivity contribution in [2.24, 2.45) is 5.92 Å². The van der Waals surface area contributed by atoms with Crippen LogP contribution in [0.15, 0.2) is 29.6 Å². The van der Waals surface area contributed by atoms with Gasteiger partial charge in [-0.25, -0.2) is 0 Å². The number of amides is 1. The average molecular weight is 349 g/mol. The van der Waals surface area contributed by atoms with Gasteiger partial charge in [0, 0.05) is 39.6 Å². The average Bonchev–Trinajstić information content (AvgIpc) is 2.91. The number of nitrogens with zero attached hydrogens (tertiary/aromatic N) is 2. The van der Waals surface area contributed by atoms with Gasteiger partial charge in [0.2, 0.25) is 5.91 Å². The molecule has 1 saturated carbocycles. The van der Waals surface area contributed by atoms with E-state index >= 15 is 0 Å². The number of likely N-dealkylation sites (N-methyl/N-ethyl adjacent to an activating group) is 1. The van der Waals surface area contributed by atoms with Gasteiger partial charge in [0.25, 0.3) is 0 Å². The molecule has 2 aromatic heterocycles. The number of aryl methyl sites for hydroxylation is 1. The largest absolute Gasteiger partial charge is 0.336 e. The normalized spacial score (nSPS) is 20.0. The minimum absolute atomic E-state index is 0.190. The topological polar surface area (TPSA) is 23.6 Å². The van der Waals surface area contributed by atoms with Crippen LogP contribution in [0.4, 0.5) is 0 Å². The Morgan fingerprint density at radius 3 is 2.70 bits per heavy atom. The van der Waals surface area contributed by atoms with Crippen LogP contribution < -0.4 is 0 Å². The molecule has 0 aliphatic heterocycles. The number of carbonyl (C=O) groups excluding carboxylic acids is 1. The number of rotatable bonds is 7. The van der Waals surface area contributed by atoms with Crippen LogP contribution in [-0.4, -0.2) is 42.9 Å². The third kappa shape index (κ3) is 4.22. The van der Waals surface area contributed by atoms with Crippen LogP contribution >= 0.6 is 22.7 Å². The zero-order valence-electron chi connectivity index (χ0n) is 14.0. The molecule has 2 aromatic rings. The quantitative estimate of drug-likeness (QED) is 0.759. The predicted molar refractivity (Wildman–Crippen MR) is 98.2 cm³/mol. The Hall–Kier alpha value is -1.17. The van der Waals surface area contributed by atoms with Crippen molar-refractivity contribution < 1.29 is 4.79 Å². The fourth-order valence-corrected chi connectivity index (χ4v) is 4.62. The zero-order valence-corrected chi connectivity index (χ0v) is 15.6. The maximum atomic E-state index is 13.0. The first kappa shape index (κ1) is 16.7. The molecule has 1 aliphatic carbocycles. The first-order chi connectivity index (χ1) is 11.0. The van der Waals surface area contributed by atoms with Crippen molar-refractivity contribution in [1.29, 1.82) is 0 Å². The van der Waals surface area contributed by atoms with Crippen LogP contribution in [0.5, 0.6) is 0 Å². The van der Waals surface area contributed by atoms with Crippen LogP contribution in [0.1, 0.15) is 27.0 Å². The second-order valence-corrected chi connectivity index (χ2v) is 8.89. The van der Waals surface area contributed by atoms with Crippen molar-refractivity contribution >= 4 is 28.6 Å². The Balaban J connectivity index is 1.65. The number of hydrogen-bond acceptors (Lipinski definition) is 4. The highest BCUT2D eigenvalue weighted by molar-refractivity contribution is 7.12. The van der Waals surface area contributed by atoms with E-state index in [1.54, 1.807) is 11.3 Å². The lowest BCUT2D eigenvalue weighted by Crippen LogP contribution is -2.37. The van der Waals surface area contributed by atoms with Gasteiger partial charge in [-0.1, -0.05) is 6.07 Å². The molecule has 124 valence electrons. The summed E-state index contributed by atoms with van der Waals surface area (Å²) in [5.41, 5.74) is 0. The Morgan fingerprint density at radius 2 is 2.09 bits per heavy atom. The summed E-state index contributed by atoms with van der Waals surface area (Å²) in [4.78, 5) is 21.1. The summed E-state index contributed by atoms with van der Waals surface area (Å²) in [7, 11) is 4.12. The van der Waals surface area contributed by atoms with Gasteiger partial charge in [-0.3, -0.25) is 4.79 Å². The van der Waals surface area contributed by atoms with E-state index in [9.17, 15) is 4.79 Å². The molecule has 0 spiro atoms. The molecule has 0 N–H and O–H groups in total. The Labute approximate surface area is 146 Å². The molecule has 1 fully saturated rings. The molecule has 0 radical (unpaired) electrons. The van der Waals surface area contributed by atoms with Crippen LogP contribution in [0, 0.1) is 12.8 Å². The standard InChI is InChI=1S/C18H24N2OS2/c1-13-6-7-17(23-13)15-11-16(15)18(21)20(9-8-19(2)3)12-14-5-4-10-22-14/h4-7,10,15-16H,8-9,11-12H2,1-3H3. The van der Waals surface area contributed by atoms with Gasteiger partial charge in [-0.05, 0) is 51.0 Å². The van der Waals surface area contributed by atoms with Crippen molar-refractivity contribution in [3.8, 4) is 0 Å². The molecular formula is C18H24N2OS2. The first-order valence-corrected chi connectivity index (χ1v) is 9.76. The Kier molecular flexibility index (Phi) is 5.19. The van der Waals surface area contributed by atoms with Crippen molar-refractivity contribution in [2.45, 2.75) is 25.8 Å². The predicted octanol–water partition coefficient (Wildman–Crippen LogP) is 3.81. The highest BCUT2D eigenvalue weighted by atomic mass is 32.1. The van der Waals surface area contributed by atoms with Gasteiger partial charge < -0.3 is 9.80 Å². The minimum Gasteiger partial charge on any atom is -0.336 e. The summed E-state index contributed by atoms with van der Waals surface area (Å²) in [6, 6.07) is 8.53. The van der Waals surface area contributed by atoms with E-state index in [1.807, 2.05) is 11.3 Å². The van der Waals surface area contributed by atoms with Crippen LogP contribution in [0.25, 0.3) is 0 Å². The lowest BCUT2D eigenvalue weighted by Gasteiger charge is -2.24. The summed E-state index contributed by atoms with van der Waals surface area (Å²) in [5, 5.41) is 2.08. The third-order valence-electron chi connectivity index (χ3n) is 4.29. The molecule has 5 heteroatoms. The van der Waals surface area contributed by atoms with Gasteiger partial charge in [0.1, 0.15) is 0 Å². The summed E-state index contributed by atoms with van der Waals surface area (Å²) in [5.74, 6) is 0.970. The molecule has 3 rings (SSSR count). The van der Waals surface area contributed by atoms with Gasteiger partial charge in [-0.15, -0.1) is 22.7 Å². The summed E-state index contributed by atoms with van der Waals surface area (Å²) in [6.07, 6.45) is 1.02. The Morgan fingerprint density at radius 1 is 1.26 bits per heavy atom. The van der Waals surface area contributed by atoms with E-state index in [0.717, 1.165) is 26.1 Å². The van der Waals surface area contributed by atoms with E-state index in [1.165, 1.54) is 14.6 Å². The van der Waals surface area contributed by atoms with E-state index < -0.39 is 0 Å². The third-order valence-corrected chi connectivity index (χ3v) is 6.28. The Bertz CT molecular complexity index is 648. The van der Waals surface area contributed by atoms with E-state index in [2.05, 4.69) is 60.5 Å². The second-order valence-electron chi connectivity index (χ2n) is 6.54. The summed E-state index contributed by atoms with van der Waals surface area (Å²) >= 11 is 3.57. The lowest BCUT2D eigenvalue weighted by atomic mass is 10.2. The molecule has 0 aromatic carbocycles. The molecule has 1 aliphatic rings. The first-order valence-electron chi connectivity index (χ1n) is 8.07. The monoisotopic (exact) mass is 348 g/mol. The van der Waals surface area contributed by atoms with Crippen molar-refractivity contribution in [1.82, 2.24) is 9.80 Å². The highest BCUT2D eigenvalue weighted by Crippen LogP contribution is 2.50. The molecular weight excluding hydrogens is 324 g/mol. The van der Waals surface area contributed by atoms with E-state index in [4.69, 9.17) is 0 Å². The van der Waals surface area contributed by atoms with Crippen LogP contribution in [0.2, 0.25) is 0 Å². The summed E-state index contributed by atoms with van der Waals surface area (Å²) < 4.78 is 0.